The molecule has 5 nitrogen and oxygen atoms in total. The highest BCUT2D eigenvalue weighted by molar-refractivity contribution is 5.89. The minimum Gasteiger partial charge on any atom is -0.357 e. The summed E-state index contributed by atoms with van der Waals surface area (Å²) in [6, 6.07) is -0.586. The van der Waals surface area contributed by atoms with Gasteiger partial charge in [0, 0.05) is 7.05 Å². The van der Waals surface area contributed by atoms with E-state index in [1.54, 1.807) is 14.0 Å². The Bertz CT molecular complexity index is 224. The molecule has 1 saturated heterocycles. The van der Waals surface area contributed by atoms with E-state index in [9.17, 15) is 9.59 Å². The quantitative estimate of drug-likeness (QED) is 0.545. The van der Waals surface area contributed by atoms with E-state index in [1.165, 1.54) is 0 Å². The van der Waals surface area contributed by atoms with Gasteiger partial charge in [0.2, 0.25) is 11.8 Å². The maximum Gasteiger partial charge on any atom is 0.242 e. The zero-order valence-electron chi connectivity index (χ0n) is 8.59. The predicted octanol–water partition coefficient (Wildman–Crippen LogP) is -1.01. The molecule has 0 spiro atoms. The number of carbonyl (C=O) groups is 2. The smallest absolute Gasteiger partial charge is 0.242 e. The van der Waals surface area contributed by atoms with Crippen LogP contribution in [-0.2, 0) is 9.59 Å². The second-order valence-corrected chi connectivity index (χ2v) is 3.49. The van der Waals surface area contributed by atoms with E-state index in [-0.39, 0.29) is 17.9 Å². The summed E-state index contributed by atoms with van der Waals surface area (Å²) in [6.45, 7) is 2.55. The Balaban J connectivity index is 2.35. The lowest BCUT2D eigenvalue weighted by Gasteiger charge is -2.15. The highest BCUT2D eigenvalue weighted by Crippen LogP contribution is 2.04. The third-order valence-corrected chi connectivity index (χ3v) is 2.38. The molecule has 1 heterocycles. The van der Waals surface area contributed by atoms with Crippen molar-refractivity contribution in [1.29, 1.82) is 0 Å². The third kappa shape index (κ3) is 2.70. The van der Waals surface area contributed by atoms with Crippen molar-refractivity contribution in [2.24, 2.45) is 0 Å². The first-order valence-corrected chi connectivity index (χ1v) is 4.90. The monoisotopic (exact) mass is 199 g/mol. The van der Waals surface area contributed by atoms with Crippen molar-refractivity contribution in [3.63, 3.8) is 0 Å². The van der Waals surface area contributed by atoms with Crippen LogP contribution < -0.4 is 16.0 Å². The molecule has 0 saturated carbocycles. The van der Waals surface area contributed by atoms with Crippen molar-refractivity contribution in [3.8, 4) is 0 Å². The number of rotatable bonds is 3. The number of carbonyl (C=O) groups excluding carboxylic acids is 2. The number of hydrogen-bond donors (Lipinski definition) is 3. The van der Waals surface area contributed by atoms with Crippen LogP contribution in [0.2, 0.25) is 0 Å². The van der Waals surface area contributed by atoms with Gasteiger partial charge >= 0.3 is 0 Å². The molecule has 0 aromatic heterocycles. The van der Waals surface area contributed by atoms with Crippen LogP contribution in [0.15, 0.2) is 0 Å². The van der Waals surface area contributed by atoms with Crippen LogP contribution >= 0.6 is 0 Å². The Labute approximate surface area is 83.6 Å². The van der Waals surface area contributed by atoms with E-state index in [1.807, 2.05) is 0 Å². The van der Waals surface area contributed by atoms with Gasteiger partial charge in [0.05, 0.1) is 6.04 Å². The summed E-state index contributed by atoms with van der Waals surface area (Å²) in [5.74, 6) is -0.255. The fourth-order valence-corrected chi connectivity index (χ4v) is 1.50. The fraction of sp³-hybridized carbons (Fsp3) is 0.778. The molecule has 2 amide bonds. The molecule has 0 radical (unpaired) electrons. The molecule has 0 aromatic carbocycles. The second-order valence-electron chi connectivity index (χ2n) is 3.49. The topological polar surface area (TPSA) is 70.2 Å². The standard InChI is InChI=1S/C9H17N3O2/c1-6(8(13)10-2)12-9(14)7-4-3-5-11-7/h6-7,11H,3-5H2,1-2H3,(H,10,13)(H,12,14)/t6?,7-/m0/s1. The molecular weight excluding hydrogens is 182 g/mol. The lowest BCUT2D eigenvalue weighted by atomic mass is 10.2. The predicted molar refractivity (Wildman–Crippen MR) is 52.7 cm³/mol. The molecule has 80 valence electrons. The summed E-state index contributed by atoms with van der Waals surface area (Å²) in [7, 11) is 1.55. The van der Waals surface area contributed by atoms with Gasteiger partial charge in [-0.15, -0.1) is 0 Å². The van der Waals surface area contributed by atoms with Gasteiger partial charge in [-0.2, -0.15) is 0 Å². The summed E-state index contributed by atoms with van der Waals surface area (Å²) in [4.78, 5) is 22.6. The van der Waals surface area contributed by atoms with Gasteiger partial charge in [-0.25, -0.2) is 0 Å². The second kappa shape index (κ2) is 4.95. The summed E-state index contributed by atoms with van der Waals surface area (Å²) in [5.41, 5.74) is 0. The summed E-state index contributed by atoms with van der Waals surface area (Å²) >= 11 is 0. The summed E-state index contributed by atoms with van der Waals surface area (Å²) in [6.07, 6.45) is 1.87. The van der Waals surface area contributed by atoms with Crippen LogP contribution in [0.3, 0.4) is 0 Å². The lowest BCUT2D eigenvalue weighted by molar-refractivity contribution is -0.129. The molecule has 3 N–H and O–H groups in total. The van der Waals surface area contributed by atoms with Crippen LogP contribution in [0.5, 0.6) is 0 Å². The van der Waals surface area contributed by atoms with Crippen molar-refractivity contribution in [2.75, 3.05) is 13.6 Å². The third-order valence-electron chi connectivity index (χ3n) is 2.38. The molecule has 1 fully saturated rings. The Morgan fingerprint density at radius 2 is 2.21 bits per heavy atom. The SMILES string of the molecule is CNC(=O)C(C)NC(=O)[C@@H]1CCCN1. The zero-order chi connectivity index (χ0) is 10.6. The van der Waals surface area contributed by atoms with E-state index < -0.39 is 6.04 Å². The van der Waals surface area contributed by atoms with E-state index in [0.717, 1.165) is 19.4 Å². The van der Waals surface area contributed by atoms with Crippen molar-refractivity contribution < 1.29 is 9.59 Å². The average Bonchev–Trinajstić information content (AvgIpc) is 2.69. The maximum absolute atomic E-state index is 11.5. The molecule has 1 aliphatic rings. The first-order chi connectivity index (χ1) is 6.65. The molecule has 0 bridgehead atoms. The van der Waals surface area contributed by atoms with Gasteiger partial charge in [0.1, 0.15) is 6.04 Å². The van der Waals surface area contributed by atoms with E-state index in [4.69, 9.17) is 0 Å². The molecule has 14 heavy (non-hydrogen) atoms. The normalized spacial score (nSPS) is 22.9. The van der Waals surface area contributed by atoms with Crippen LogP contribution in [0, 0.1) is 0 Å². The Morgan fingerprint density at radius 1 is 1.50 bits per heavy atom. The summed E-state index contributed by atoms with van der Waals surface area (Å²) < 4.78 is 0. The van der Waals surface area contributed by atoms with E-state index >= 15 is 0 Å². The van der Waals surface area contributed by atoms with Crippen LogP contribution in [-0.4, -0.2) is 37.5 Å². The van der Waals surface area contributed by atoms with Gasteiger partial charge in [-0.05, 0) is 26.3 Å². The van der Waals surface area contributed by atoms with Crippen LogP contribution in [0.4, 0.5) is 0 Å². The number of likely N-dealkylation sites (N-methyl/N-ethyl adjacent to an activating group) is 1. The highest BCUT2D eigenvalue weighted by Gasteiger charge is 2.24. The number of amides is 2. The van der Waals surface area contributed by atoms with Crippen LogP contribution in [0.1, 0.15) is 19.8 Å². The largest absolute Gasteiger partial charge is 0.357 e. The Hall–Kier alpha value is -1.10. The molecule has 1 unspecified atom stereocenters. The average molecular weight is 199 g/mol. The van der Waals surface area contributed by atoms with E-state index in [0.29, 0.717) is 0 Å². The van der Waals surface area contributed by atoms with Gasteiger partial charge in [-0.3, -0.25) is 9.59 Å². The fourth-order valence-electron chi connectivity index (χ4n) is 1.50. The first-order valence-electron chi connectivity index (χ1n) is 4.90. The molecule has 0 aromatic rings. The van der Waals surface area contributed by atoms with Crippen molar-refractivity contribution in [2.45, 2.75) is 31.8 Å². The Kier molecular flexibility index (Phi) is 3.88. The van der Waals surface area contributed by atoms with Crippen LogP contribution in [0.25, 0.3) is 0 Å². The molecule has 1 rings (SSSR count). The van der Waals surface area contributed by atoms with Gasteiger partial charge in [0.15, 0.2) is 0 Å². The molecule has 5 heteroatoms. The minimum absolute atomic E-state index is 0.0846. The lowest BCUT2D eigenvalue weighted by Crippen LogP contribution is -2.49. The van der Waals surface area contributed by atoms with Gasteiger partial charge < -0.3 is 16.0 Å². The maximum atomic E-state index is 11.5. The minimum atomic E-state index is -0.463. The van der Waals surface area contributed by atoms with Crippen molar-refractivity contribution in [1.82, 2.24) is 16.0 Å². The molecule has 2 atom stereocenters. The van der Waals surface area contributed by atoms with Crippen molar-refractivity contribution >= 4 is 11.8 Å². The number of hydrogen-bond acceptors (Lipinski definition) is 3. The Morgan fingerprint density at radius 3 is 2.71 bits per heavy atom. The highest BCUT2D eigenvalue weighted by atomic mass is 16.2. The van der Waals surface area contributed by atoms with E-state index in [2.05, 4.69) is 16.0 Å². The number of nitrogens with one attached hydrogen (secondary N) is 3. The van der Waals surface area contributed by atoms with Gasteiger partial charge in [-0.1, -0.05) is 0 Å². The molecular formula is C9H17N3O2. The van der Waals surface area contributed by atoms with Crippen molar-refractivity contribution in [3.05, 3.63) is 0 Å². The van der Waals surface area contributed by atoms with Gasteiger partial charge in [0.25, 0.3) is 0 Å². The first kappa shape index (κ1) is 11.0. The molecule has 1 aliphatic heterocycles. The molecule has 0 aliphatic carbocycles. The summed E-state index contributed by atoms with van der Waals surface area (Å²) in [5, 5.41) is 8.22. The zero-order valence-corrected chi connectivity index (χ0v) is 8.59.